The molecule has 5 rings (SSSR count). The molecule has 0 saturated carbocycles. The average Bonchev–Trinajstić information content (AvgIpc) is 2.98. The SMILES string of the molecule is CN1C/C=C/COCc2cccc(c2)-c2ccnc(n2)Nc2cc(cc(NC(=O)/C=C/c3ccc(C#N)cc3)c2)C1. The molecule has 1 aliphatic rings. The maximum absolute atomic E-state index is 12.8. The van der Waals surface area contributed by atoms with Crippen LogP contribution in [0.5, 0.6) is 0 Å². The predicted octanol–water partition coefficient (Wildman–Crippen LogP) is 5.93. The second kappa shape index (κ2) is 13.3. The standard InChI is InChI=1S/C33H30N6O2/c1-39-15-2-3-16-41-23-26-5-4-6-28(17-26)31-13-14-35-33(38-31)37-30-19-27(22-39)18-29(20-30)36-32(40)12-11-24-7-9-25(21-34)10-8-24/h2-14,17-20H,15-16,22-23H2,1H3,(H,36,40)(H,35,37,38)/b3-2+,12-11+. The van der Waals surface area contributed by atoms with Crippen molar-refractivity contribution in [2.45, 2.75) is 13.2 Å². The number of amides is 1. The van der Waals surface area contributed by atoms with Gasteiger partial charge in [0.1, 0.15) is 0 Å². The third kappa shape index (κ3) is 7.96. The Morgan fingerprint density at radius 1 is 1.07 bits per heavy atom. The van der Waals surface area contributed by atoms with Crippen LogP contribution >= 0.6 is 0 Å². The van der Waals surface area contributed by atoms with Crippen LogP contribution in [0.4, 0.5) is 17.3 Å². The van der Waals surface area contributed by atoms with Gasteiger partial charge in [-0.3, -0.25) is 9.69 Å². The van der Waals surface area contributed by atoms with Crippen LogP contribution in [0.2, 0.25) is 0 Å². The summed E-state index contributed by atoms with van der Waals surface area (Å²) in [4.78, 5) is 24.1. The number of hydrogen-bond donors (Lipinski definition) is 2. The molecule has 6 bridgehead atoms. The molecule has 4 aromatic rings. The van der Waals surface area contributed by atoms with Crippen LogP contribution in [0.3, 0.4) is 0 Å². The van der Waals surface area contributed by atoms with Gasteiger partial charge in [-0.2, -0.15) is 5.26 Å². The van der Waals surface area contributed by atoms with Crippen LogP contribution in [0.15, 0.2) is 97.2 Å². The zero-order valence-electron chi connectivity index (χ0n) is 22.7. The number of benzene rings is 3. The zero-order chi connectivity index (χ0) is 28.4. The van der Waals surface area contributed by atoms with Gasteiger partial charge in [-0.25, -0.2) is 9.97 Å². The van der Waals surface area contributed by atoms with Crippen LogP contribution in [0.1, 0.15) is 22.3 Å². The summed E-state index contributed by atoms with van der Waals surface area (Å²) in [6.45, 7) is 2.46. The molecule has 0 saturated heterocycles. The van der Waals surface area contributed by atoms with Crippen molar-refractivity contribution in [3.05, 3.63) is 119 Å². The average molecular weight is 543 g/mol. The van der Waals surface area contributed by atoms with Crippen molar-refractivity contribution in [2.24, 2.45) is 0 Å². The number of nitrogens with zero attached hydrogens (tertiary/aromatic N) is 4. The van der Waals surface area contributed by atoms with Gasteiger partial charge < -0.3 is 15.4 Å². The molecular weight excluding hydrogens is 512 g/mol. The summed E-state index contributed by atoms with van der Waals surface area (Å²) in [6, 6.07) is 25.0. The lowest BCUT2D eigenvalue weighted by Crippen LogP contribution is -2.18. The van der Waals surface area contributed by atoms with E-state index < -0.39 is 0 Å². The Kier molecular flexibility index (Phi) is 8.91. The molecule has 1 amide bonds. The number of fused-ring (bicyclic) bond motifs is 7. The second-order valence-electron chi connectivity index (χ2n) is 9.75. The smallest absolute Gasteiger partial charge is 0.248 e. The van der Waals surface area contributed by atoms with Crippen molar-refractivity contribution in [2.75, 3.05) is 30.8 Å². The largest absolute Gasteiger partial charge is 0.373 e. The number of rotatable bonds is 3. The minimum absolute atomic E-state index is 0.263. The molecule has 8 heteroatoms. The topological polar surface area (TPSA) is 103 Å². The number of hydrogen-bond acceptors (Lipinski definition) is 7. The number of likely N-dealkylation sites (N-methyl/N-ethyl adjacent to an activating group) is 1. The molecule has 0 spiro atoms. The summed E-state index contributed by atoms with van der Waals surface area (Å²) in [5.41, 5.74) is 6.67. The van der Waals surface area contributed by atoms with Gasteiger partial charge in [-0.05, 0) is 72.3 Å². The van der Waals surface area contributed by atoms with Crippen molar-refractivity contribution < 1.29 is 9.53 Å². The minimum atomic E-state index is -0.263. The Labute approximate surface area is 239 Å². The van der Waals surface area contributed by atoms with Crippen molar-refractivity contribution in [1.82, 2.24) is 14.9 Å². The molecule has 1 aliphatic heterocycles. The first-order valence-corrected chi connectivity index (χ1v) is 13.3. The van der Waals surface area contributed by atoms with Crippen molar-refractivity contribution in [3.63, 3.8) is 0 Å². The number of carbonyl (C=O) groups is 1. The van der Waals surface area contributed by atoms with E-state index >= 15 is 0 Å². The maximum Gasteiger partial charge on any atom is 0.248 e. The Bertz CT molecular complexity index is 1620. The van der Waals surface area contributed by atoms with E-state index in [1.807, 2.05) is 55.6 Å². The fraction of sp³-hybridized carbons (Fsp3) is 0.152. The highest BCUT2D eigenvalue weighted by Gasteiger charge is 2.09. The number of ether oxygens (including phenoxy) is 1. The van der Waals surface area contributed by atoms with Gasteiger partial charge in [-0.1, -0.05) is 42.5 Å². The zero-order valence-corrected chi connectivity index (χ0v) is 22.7. The van der Waals surface area contributed by atoms with Crippen molar-refractivity contribution in [1.29, 1.82) is 5.26 Å². The maximum atomic E-state index is 12.8. The van der Waals surface area contributed by atoms with Gasteiger partial charge in [-0.15, -0.1) is 0 Å². The van der Waals surface area contributed by atoms with Crippen molar-refractivity contribution >= 4 is 29.3 Å². The van der Waals surface area contributed by atoms with Gasteiger partial charge in [0.25, 0.3) is 0 Å². The molecule has 2 N–H and O–H groups in total. The molecule has 8 nitrogen and oxygen atoms in total. The number of aromatic nitrogens is 2. The van der Waals surface area contributed by atoms with E-state index in [-0.39, 0.29) is 5.91 Å². The summed E-state index contributed by atoms with van der Waals surface area (Å²) in [5, 5.41) is 15.3. The fourth-order valence-electron chi connectivity index (χ4n) is 4.43. The molecule has 1 aromatic heterocycles. The van der Waals surface area contributed by atoms with E-state index in [2.05, 4.69) is 38.7 Å². The van der Waals surface area contributed by atoms with Gasteiger partial charge in [0.05, 0.1) is 30.5 Å². The minimum Gasteiger partial charge on any atom is -0.373 e. The number of nitrogens with one attached hydrogen (secondary N) is 2. The summed E-state index contributed by atoms with van der Waals surface area (Å²) in [7, 11) is 2.04. The highest BCUT2D eigenvalue weighted by molar-refractivity contribution is 6.02. The molecule has 2 heterocycles. The normalized spacial score (nSPS) is 14.7. The molecule has 0 fully saturated rings. The first-order valence-electron chi connectivity index (χ1n) is 13.3. The lowest BCUT2D eigenvalue weighted by Gasteiger charge is -2.17. The van der Waals surface area contributed by atoms with E-state index in [4.69, 9.17) is 15.0 Å². The molecule has 0 aliphatic carbocycles. The molecule has 204 valence electrons. The van der Waals surface area contributed by atoms with E-state index in [9.17, 15) is 4.79 Å². The Balaban J connectivity index is 1.41. The number of carbonyl (C=O) groups excluding carboxylic acids is 1. The van der Waals surface area contributed by atoms with Gasteiger partial charge in [0.15, 0.2) is 0 Å². The molecule has 0 atom stereocenters. The van der Waals surface area contributed by atoms with Gasteiger partial charge in [0, 0.05) is 42.3 Å². The first-order chi connectivity index (χ1) is 20.0. The molecule has 3 aromatic carbocycles. The number of nitriles is 1. The third-order valence-corrected chi connectivity index (χ3v) is 6.38. The van der Waals surface area contributed by atoms with E-state index in [1.54, 1.807) is 36.5 Å². The Hall–Kier alpha value is -5.10. The van der Waals surface area contributed by atoms with Crippen LogP contribution in [-0.4, -0.2) is 41.0 Å². The van der Waals surface area contributed by atoms with Crippen LogP contribution < -0.4 is 10.6 Å². The fourth-order valence-corrected chi connectivity index (χ4v) is 4.43. The van der Waals surface area contributed by atoms with Crippen molar-refractivity contribution in [3.8, 4) is 17.3 Å². The van der Waals surface area contributed by atoms with Gasteiger partial charge >= 0.3 is 0 Å². The Morgan fingerprint density at radius 2 is 1.95 bits per heavy atom. The summed E-state index contributed by atoms with van der Waals surface area (Å²) in [6.07, 6.45) is 9.05. The van der Waals surface area contributed by atoms with Crippen LogP contribution in [-0.2, 0) is 22.7 Å². The highest BCUT2D eigenvalue weighted by atomic mass is 16.5. The first kappa shape index (κ1) is 27.5. The van der Waals surface area contributed by atoms with E-state index in [0.29, 0.717) is 37.0 Å². The monoisotopic (exact) mass is 542 g/mol. The summed E-state index contributed by atoms with van der Waals surface area (Å²) >= 11 is 0. The third-order valence-electron chi connectivity index (χ3n) is 6.38. The quantitative estimate of drug-likeness (QED) is 0.244. The second-order valence-corrected chi connectivity index (χ2v) is 9.75. The molecule has 0 unspecified atom stereocenters. The molecule has 0 radical (unpaired) electrons. The lowest BCUT2D eigenvalue weighted by molar-refractivity contribution is -0.111. The highest BCUT2D eigenvalue weighted by Crippen LogP contribution is 2.25. The van der Waals surface area contributed by atoms with Crippen LogP contribution in [0.25, 0.3) is 17.3 Å². The van der Waals surface area contributed by atoms with Gasteiger partial charge in [0.2, 0.25) is 11.9 Å². The molecular formula is C33H30N6O2. The predicted molar refractivity (Wildman–Crippen MR) is 161 cm³/mol. The summed E-state index contributed by atoms with van der Waals surface area (Å²) < 4.78 is 5.85. The Morgan fingerprint density at radius 3 is 2.80 bits per heavy atom. The molecule has 41 heavy (non-hydrogen) atoms. The van der Waals surface area contributed by atoms with E-state index in [0.717, 1.165) is 40.2 Å². The lowest BCUT2D eigenvalue weighted by atomic mass is 10.1. The van der Waals surface area contributed by atoms with Crippen LogP contribution in [0, 0.1) is 11.3 Å². The number of anilines is 3. The summed E-state index contributed by atoms with van der Waals surface area (Å²) in [5.74, 6) is 0.193. The van der Waals surface area contributed by atoms with E-state index in [1.165, 1.54) is 6.08 Å².